The number of hydrogen-bond acceptors (Lipinski definition) is 3. The third-order valence-electron chi connectivity index (χ3n) is 3.30. The summed E-state index contributed by atoms with van der Waals surface area (Å²) >= 11 is 7.72. The first kappa shape index (κ1) is 14.4. The topological polar surface area (TPSA) is 38.9 Å². The number of halogens is 1. The van der Waals surface area contributed by atoms with Gasteiger partial charge in [-0.3, -0.25) is 4.98 Å². The number of benzene rings is 2. The number of aromatic nitrogens is 1. The predicted molar refractivity (Wildman–Crippen MR) is 90.8 cm³/mol. The highest BCUT2D eigenvalue weighted by Crippen LogP contribution is 2.28. The molecular weight excluding hydrogens is 300 g/mol. The van der Waals surface area contributed by atoms with Gasteiger partial charge in [0.25, 0.3) is 0 Å². The van der Waals surface area contributed by atoms with Crippen molar-refractivity contribution in [2.24, 2.45) is 5.73 Å². The summed E-state index contributed by atoms with van der Waals surface area (Å²) in [6.45, 7) is 0. The van der Waals surface area contributed by atoms with Crippen LogP contribution in [0.1, 0.15) is 11.6 Å². The van der Waals surface area contributed by atoms with Crippen LogP contribution in [0, 0.1) is 0 Å². The second-order valence-corrected chi connectivity index (χ2v) is 6.32. The Morgan fingerprint density at radius 3 is 2.81 bits per heavy atom. The van der Waals surface area contributed by atoms with Crippen LogP contribution in [0.2, 0.25) is 5.02 Å². The number of fused-ring (bicyclic) bond motifs is 1. The summed E-state index contributed by atoms with van der Waals surface area (Å²) in [6, 6.07) is 17.9. The van der Waals surface area contributed by atoms with E-state index < -0.39 is 0 Å². The molecule has 0 spiro atoms. The Morgan fingerprint density at radius 1 is 1.10 bits per heavy atom. The summed E-state index contributed by atoms with van der Waals surface area (Å²) in [6.07, 6.45) is 1.80. The van der Waals surface area contributed by atoms with E-state index in [1.54, 1.807) is 18.0 Å². The highest BCUT2D eigenvalue weighted by Gasteiger charge is 2.10. The van der Waals surface area contributed by atoms with E-state index >= 15 is 0 Å². The number of hydrogen-bond donors (Lipinski definition) is 1. The van der Waals surface area contributed by atoms with Crippen LogP contribution in [0.4, 0.5) is 0 Å². The van der Waals surface area contributed by atoms with Gasteiger partial charge in [-0.25, -0.2) is 0 Å². The highest BCUT2D eigenvalue weighted by molar-refractivity contribution is 7.99. The summed E-state index contributed by atoms with van der Waals surface area (Å²) in [4.78, 5) is 5.51. The van der Waals surface area contributed by atoms with Gasteiger partial charge in [0.2, 0.25) is 0 Å². The number of nitrogens with zero attached hydrogens (tertiary/aromatic N) is 1. The number of rotatable bonds is 4. The zero-order valence-electron chi connectivity index (χ0n) is 11.4. The van der Waals surface area contributed by atoms with E-state index in [-0.39, 0.29) is 6.04 Å². The van der Waals surface area contributed by atoms with Gasteiger partial charge < -0.3 is 5.73 Å². The first-order chi connectivity index (χ1) is 10.2. The van der Waals surface area contributed by atoms with Gasteiger partial charge in [0, 0.05) is 33.3 Å². The molecular formula is C17H15ClN2S. The summed E-state index contributed by atoms with van der Waals surface area (Å²) in [7, 11) is 0. The van der Waals surface area contributed by atoms with Crippen LogP contribution in [-0.4, -0.2) is 10.7 Å². The van der Waals surface area contributed by atoms with E-state index in [9.17, 15) is 0 Å². The molecule has 0 radical (unpaired) electrons. The smallest absolute Gasteiger partial charge is 0.0705 e. The van der Waals surface area contributed by atoms with Gasteiger partial charge in [0.15, 0.2) is 0 Å². The molecule has 2 N–H and O–H groups in total. The normalized spacial score (nSPS) is 12.5. The predicted octanol–water partition coefficient (Wildman–Crippen LogP) is 4.68. The standard InChI is InChI=1S/C17H15ClN2S/c18-12-4-1-5-13(10-12)21-11-16(19)14-6-2-8-17-15(14)7-3-9-20-17/h1-10,16H,11,19H2. The fourth-order valence-corrected chi connectivity index (χ4v) is 3.47. The van der Waals surface area contributed by atoms with Gasteiger partial charge in [-0.2, -0.15) is 0 Å². The van der Waals surface area contributed by atoms with Crippen LogP contribution in [0.15, 0.2) is 65.7 Å². The van der Waals surface area contributed by atoms with E-state index in [2.05, 4.69) is 17.1 Å². The monoisotopic (exact) mass is 314 g/mol. The zero-order chi connectivity index (χ0) is 14.7. The molecule has 0 bridgehead atoms. The molecule has 2 aromatic carbocycles. The molecule has 21 heavy (non-hydrogen) atoms. The van der Waals surface area contributed by atoms with Gasteiger partial charge in [-0.1, -0.05) is 35.9 Å². The molecule has 0 amide bonds. The maximum Gasteiger partial charge on any atom is 0.0705 e. The van der Waals surface area contributed by atoms with Crippen LogP contribution < -0.4 is 5.73 Å². The average molecular weight is 315 g/mol. The first-order valence-electron chi connectivity index (χ1n) is 6.71. The van der Waals surface area contributed by atoms with Gasteiger partial charge in [0.1, 0.15) is 0 Å². The van der Waals surface area contributed by atoms with Crippen molar-refractivity contribution >= 4 is 34.3 Å². The molecule has 2 nitrogen and oxygen atoms in total. The van der Waals surface area contributed by atoms with Crippen molar-refractivity contribution in [3.05, 3.63) is 71.4 Å². The zero-order valence-corrected chi connectivity index (χ0v) is 12.9. The molecule has 4 heteroatoms. The Hall–Kier alpha value is -1.55. The van der Waals surface area contributed by atoms with Crippen LogP contribution >= 0.6 is 23.4 Å². The van der Waals surface area contributed by atoms with Crippen molar-refractivity contribution in [3.8, 4) is 0 Å². The van der Waals surface area contributed by atoms with Gasteiger partial charge >= 0.3 is 0 Å². The number of pyridine rings is 1. The summed E-state index contributed by atoms with van der Waals surface area (Å²) < 4.78 is 0. The van der Waals surface area contributed by atoms with Gasteiger partial charge in [-0.15, -0.1) is 11.8 Å². The molecule has 1 aromatic heterocycles. The molecule has 0 aliphatic carbocycles. The highest BCUT2D eigenvalue weighted by atomic mass is 35.5. The molecule has 3 rings (SSSR count). The van der Waals surface area contributed by atoms with E-state index in [1.807, 2.05) is 42.5 Å². The van der Waals surface area contributed by atoms with Crippen molar-refractivity contribution in [1.29, 1.82) is 0 Å². The third-order valence-corrected chi connectivity index (χ3v) is 4.65. The fourth-order valence-electron chi connectivity index (χ4n) is 2.28. The minimum atomic E-state index is -0.0399. The molecule has 0 aliphatic heterocycles. The maximum atomic E-state index is 6.37. The van der Waals surface area contributed by atoms with Gasteiger partial charge in [-0.05, 0) is 35.9 Å². The Bertz CT molecular complexity index is 755. The van der Waals surface area contributed by atoms with Crippen LogP contribution in [0.5, 0.6) is 0 Å². The van der Waals surface area contributed by atoms with Crippen molar-refractivity contribution < 1.29 is 0 Å². The average Bonchev–Trinajstić information content (AvgIpc) is 2.52. The van der Waals surface area contributed by atoms with Crippen LogP contribution in [0.25, 0.3) is 10.9 Å². The molecule has 1 heterocycles. The van der Waals surface area contributed by atoms with Crippen molar-refractivity contribution in [2.75, 3.05) is 5.75 Å². The molecule has 1 atom stereocenters. The van der Waals surface area contributed by atoms with E-state index in [1.165, 1.54) is 0 Å². The lowest BCUT2D eigenvalue weighted by Crippen LogP contribution is -2.13. The maximum absolute atomic E-state index is 6.37. The second-order valence-electron chi connectivity index (χ2n) is 4.79. The van der Waals surface area contributed by atoms with Crippen LogP contribution in [0.3, 0.4) is 0 Å². The van der Waals surface area contributed by atoms with Gasteiger partial charge in [0.05, 0.1) is 5.52 Å². The lowest BCUT2D eigenvalue weighted by atomic mass is 10.0. The van der Waals surface area contributed by atoms with Crippen molar-refractivity contribution in [3.63, 3.8) is 0 Å². The quantitative estimate of drug-likeness (QED) is 0.711. The van der Waals surface area contributed by atoms with Crippen molar-refractivity contribution in [1.82, 2.24) is 4.98 Å². The number of thioether (sulfide) groups is 1. The Morgan fingerprint density at radius 2 is 1.95 bits per heavy atom. The van der Waals surface area contributed by atoms with E-state index in [0.29, 0.717) is 0 Å². The molecule has 1 unspecified atom stereocenters. The number of nitrogens with two attached hydrogens (primary N) is 1. The van der Waals surface area contributed by atoms with Crippen LogP contribution in [-0.2, 0) is 0 Å². The molecule has 0 aliphatic rings. The molecule has 3 aromatic rings. The van der Waals surface area contributed by atoms with E-state index in [4.69, 9.17) is 17.3 Å². The summed E-state index contributed by atoms with van der Waals surface area (Å²) in [5.74, 6) is 0.800. The lowest BCUT2D eigenvalue weighted by Gasteiger charge is -2.14. The Balaban J connectivity index is 1.79. The second kappa shape index (κ2) is 6.48. The minimum Gasteiger partial charge on any atom is -0.323 e. The summed E-state index contributed by atoms with van der Waals surface area (Å²) in [5, 5.41) is 1.88. The Labute approximate surface area is 133 Å². The first-order valence-corrected chi connectivity index (χ1v) is 8.08. The molecule has 0 fully saturated rings. The molecule has 0 saturated heterocycles. The van der Waals surface area contributed by atoms with Crippen molar-refractivity contribution in [2.45, 2.75) is 10.9 Å². The molecule has 106 valence electrons. The van der Waals surface area contributed by atoms with E-state index in [0.717, 1.165) is 32.1 Å². The largest absolute Gasteiger partial charge is 0.323 e. The third kappa shape index (κ3) is 3.38. The lowest BCUT2D eigenvalue weighted by molar-refractivity contribution is 0.839. The SMILES string of the molecule is NC(CSc1cccc(Cl)c1)c1cccc2ncccc12. The Kier molecular flexibility index (Phi) is 4.44. The minimum absolute atomic E-state index is 0.0399. The fraction of sp³-hybridized carbons (Fsp3) is 0.118. The molecule has 0 saturated carbocycles. The summed E-state index contributed by atoms with van der Waals surface area (Å²) in [5.41, 5.74) is 8.48.